The van der Waals surface area contributed by atoms with Gasteiger partial charge in [0.2, 0.25) is 0 Å². The Morgan fingerprint density at radius 2 is 1.37 bits per heavy atom. The van der Waals surface area contributed by atoms with Crippen molar-refractivity contribution in [3.63, 3.8) is 0 Å². The Labute approximate surface area is 171 Å². The Kier molecular flexibility index (Phi) is 10.2. The number of hydrogen-bond donors (Lipinski definition) is 1. The summed E-state index contributed by atoms with van der Waals surface area (Å²) in [5, 5.41) is 3.23. The molecule has 0 unspecified atom stereocenters. The maximum atomic E-state index is 12.6. The van der Waals surface area contributed by atoms with Gasteiger partial charge in [0.25, 0.3) is 0 Å². The minimum atomic E-state index is -2.36. The summed E-state index contributed by atoms with van der Waals surface area (Å²) in [6.45, 7) is 6.98. The second-order valence-corrected chi connectivity index (χ2v) is 21.9. The molecule has 0 heterocycles. The Bertz CT molecular complexity index is 526. The molecule has 0 atom stereocenters. The Morgan fingerprint density at radius 3 is 1.81 bits per heavy atom. The van der Waals surface area contributed by atoms with Gasteiger partial charge in [-0.05, 0) is 0 Å². The number of hydrogen-bond acceptors (Lipinski definition) is 1. The van der Waals surface area contributed by atoms with E-state index in [4.69, 9.17) is 0 Å². The van der Waals surface area contributed by atoms with Crippen molar-refractivity contribution < 1.29 is 4.79 Å². The van der Waals surface area contributed by atoms with Gasteiger partial charge in [-0.3, -0.25) is 0 Å². The molecule has 0 radical (unpaired) electrons. The van der Waals surface area contributed by atoms with Crippen molar-refractivity contribution in [1.82, 2.24) is 5.32 Å². The number of carbonyl (C=O) groups excluding carboxylic acids is 1. The maximum absolute atomic E-state index is 12.6. The fourth-order valence-electron chi connectivity index (χ4n) is 4.67. The summed E-state index contributed by atoms with van der Waals surface area (Å²) in [7, 11) is 0. The molecule has 2 nitrogen and oxygen atoms in total. The van der Waals surface area contributed by atoms with Crippen molar-refractivity contribution in [3.05, 3.63) is 29.8 Å². The topological polar surface area (TPSA) is 29.1 Å². The zero-order chi connectivity index (χ0) is 19.5. The van der Waals surface area contributed by atoms with Crippen molar-refractivity contribution >= 4 is 27.9 Å². The van der Waals surface area contributed by atoms with Crippen LogP contribution in [-0.4, -0.2) is 30.3 Å². The molecule has 27 heavy (non-hydrogen) atoms. The van der Waals surface area contributed by atoms with Crippen LogP contribution in [-0.2, 0) is 0 Å². The SMILES string of the molecule is CCC[CH2][Sn]([CH2]CCC)([CH2]CCC)[c]1ccc(C(=O)NC2CCCC2)cc1. The molecule has 2 rings (SSSR count). The van der Waals surface area contributed by atoms with Gasteiger partial charge in [-0.1, -0.05) is 0 Å². The van der Waals surface area contributed by atoms with E-state index < -0.39 is 18.4 Å². The summed E-state index contributed by atoms with van der Waals surface area (Å²) < 4.78 is 6.12. The van der Waals surface area contributed by atoms with Crippen molar-refractivity contribution in [2.75, 3.05) is 0 Å². The normalized spacial score (nSPS) is 15.2. The molecule has 1 amide bonds. The average Bonchev–Trinajstić information content (AvgIpc) is 3.21. The standard InChI is InChI=1S/C12H14NO.3C4H9.Sn/c14-12(10-6-2-1-3-7-10)13-11-8-4-5-9-11;3*1-3-4-2;/h2-3,6-7,11H,4-5,8-9H2,(H,13,14);3*1,3-4H2,2H3;. The van der Waals surface area contributed by atoms with E-state index in [1.807, 2.05) is 0 Å². The van der Waals surface area contributed by atoms with E-state index in [0.717, 1.165) is 18.4 Å². The summed E-state index contributed by atoms with van der Waals surface area (Å²) in [6, 6.07) is 9.33. The number of benzene rings is 1. The molecular formula is C24H41NOSn. The van der Waals surface area contributed by atoms with E-state index in [-0.39, 0.29) is 5.91 Å². The van der Waals surface area contributed by atoms with Crippen LogP contribution in [0.1, 0.15) is 95.3 Å². The molecule has 1 aliphatic rings. The summed E-state index contributed by atoms with van der Waals surface area (Å²) in [5.74, 6) is 0.130. The summed E-state index contributed by atoms with van der Waals surface area (Å²) in [6.07, 6.45) is 12.9. The number of amides is 1. The van der Waals surface area contributed by atoms with Gasteiger partial charge in [-0.15, -0.1) is 0 Å². The third-order valence-electron chi connectivity index (χ3n) is 6.48. The first-order valence-corrected chi connectivity index (χ1v) is 19.0. The van der Waals surface area contributed by atoms with Gasteiger partial charge in [-0.2, -0.15) is 0 Å². The van der Waals surface area contributed by atoms with Gasteiger partial charge in [-0.25, -0.2) is 0 Å². The average molecular weight is 478 g/mol. The molecule has 0 saturated heterocycles. The van der Waals surface area contributed by atoms with Gasteiger partial charge in [0.1, 0.15) is 0 Å². The van der Waals surface area contributed by atoms with Crippen molar-refractivity contribution in [3.8, 4) is 0 Å². The Morgan fingerprint density at radius 1 is 0.889 bits per heavy atom. The van der Waals surface area contributed by atoms with Crippen LogP contribution in [0.25, 0.3) is 0 Å². The van der Waals surface area contributed by atoms with Gasteiger partial charge in [0, 0.05) is 0 Å². The van der Waals surface area contributed by atoms with Crippen LogP contribution in [0, 0.1) is 0 Å². The van der Waals surface area contributed by atoms with Gasteiger partial charge in [0.15, 0.2) is 0 Å². The van der Waals surface area contributed by atoms with Gasteiger partial charge in [0.05, 0.1) is 0 Å². The molecular weight excluding hydrogens is 437 g/mol. The van der Waals surface area contributed by atoms with Crippen LogP contribution < -0.4 is 8.90 Å². The predicted octanol–water partition coefficient (Wildman–Crippen LogP) is 6.42. The summed E-state index contributed by atoms with van der Waals surface area (Å²) in [4.78, 5) is 12.6. The molecule has 1 aromatic rings. The molecule has 0 aromatic heterocycles. The molecule has 0 bridgehead atoms. The molecule has 1 N–H and O–H groups in total. The summed E-state index contributed by atoms with van der Waals surface area (Å²) >= 11 is -2.36. The van der Waals surface area contributed by atoms with Crippen LogP contribution >= 0.6 is 0 Å². The molecule has 152 valence electrons. The number of rotatable bonds is 12. The van der Waals surface area contributed by atoms with E-state index >= 15 is 0 Å². The monoisotopic (exact) mass is 479 g/mol. The molecule has 0 aliphatic heterocycles. The van der Waals surface area contributed by atoms with Gasteiger partial charge < -0.3 is 0 Å². The van der Waals surface area contributed by atoms with E-state index in [0.29, 0.717) is 6.04 Å². The molecule has 1 aliphatic carbocycles. The molecule has 0 spiro atoms. The van der Waals surface area contributed by atoms with Crippen molar-refractivity contribution in [1.29, 1.82) is 0 Å². The zero-order valence-electron chi connectivity index (χ0n) is 18.0. The summed E-state index contributed by atoms with van der Waals surface area (Å²) in [5.41, 5.74) is 0.854. The minimum absolute atomic E-state index is 0.130. The zero-order valence-corrected chi connectivity index (χ0v) is 20.8. The van der Waals surface area contributed by atoms with Crippen molar-refractivity contribution in [2.24, 2.45) is 0 Å². The number of carbonyl (C=O) groups is 1. The molecule has 1 fully saturated rings. The van der Waals surface area contributed by atoms with Crippen LogP contribution in [0.4, 0.5) is 0 Å². The first kappa shape index (κ1) is 22.8. The Hall–Kier alpha value is -0.511. The fraction of sp³-hybridized carbons (Fsp3) is 0.708. The van der Waals surface area contributed by atoms with E-state index in [1.165, 1.54) is 64.7 Å². The third kappa shape index (κ3) is 6.80. The van der Waals surface area contributed by atoms with E-state index in [9.17, 15) is 4.79 Å². The van der Waals surface area contributed by atoms with Crippen molar-refractivity contribution in [2.45, 2.75) is 104 Å². The van der Waals surface area contributed by atoms with Crippen LogP contribution in [0.5, 0.6) is 0 Å². The van der Waals surface area contributed by atoms with E-state index in [2.05, 4.69) is 50.4 Å². The second kappa shape index (κ2) is 12.1. The molecule has 3 heteroatoms. The molecule has 1 saturated carbocycles. The first-order chi connectivity index (χ1) is 13.1. The Balaban J connectivity index is 2.16. The van der Waals surface area contributed by atoms with Gasteiger partial charge >= 0.3 is 172 Å². The van der Waals surface area contributed by atoms with E-state index in [1.54, 1.807) is 3.58 Å². The quantitative estimate of drug-likeness (QED) is 0.346. The third-order valence-corrected chi connectivity index (χ3v) is 22.1. The number of nitrogens with one attached hydrogen (secondary N) is 1. The second-order valence-electron chi connectivity index (χ2n) is 8.62. The molecule has 1 aromatic carbocycles. The first-order valence-electron chi connectivity index (χ1n) is 11.6. The number of unbranched alkanes of at least 4 members (excludes halogenated alkanes) is 3. The van der Waals surface area contributed by atoms with Crippen LogP contribution in [0.2, 0.25) is 13.3 Å². The fourth-order valence-corrected chi connectivity index (χ4v) is 20.6. The van der Waals surface area contributed by atoms with Crippen LogP contribution in [0.15, 0.2) is 24.3 Å². The van der Waals surface area contributed by atoms with Crippen LogP contribution in [0.3, 0.4) is 0 Å². The predicted molar refractivity (Wildman–Crippen MR) is 121 cm³/mol.